The molecule has 0 unspecified atom stereocenters. The fourth-order valence-electron chi connectivity index (χ4n) is 3.22. The lowest BCUT2D eigenvalue weighted by Crippen LogP contribution is -1.87. The van der Waals surface area contributed by atoms with Crippen LogP contribution in [0.15, 0.2) is 83.3 Å². The molecule has 0 saturated carbocycles. The van der Waals surface area contributed by atoms with Gasteiger partial charge >= 0.3 is 0 Å². The Bertz CT molecular complexity index is 1110. The highest BCUT2D eigenvalue weighted by Crippen LogP contribution is 2.43. The first-order valence-electron chi connectivity index (χ1n) is 7.67. The fourth-order valence-corrected chi connectivity index (χ4v) is 3.22. The second-order valence-corrected chi connectivity index (χ2v) is 5.65. The Balaban J connectivity index is 2.02. The van der Waals surface area contributed by atoms with Gasteiger partial charge in [0.15, 0.2) is 0 Å². The molecule has 0 aromatic heterocycles. The van der Waals surface area contributed by atoms with Gasteiger partial charge in [0.05, 0.1) is 16.8 Å². The molecule has 2 aliphatic heterocycles. The van der Waals surface area contributed by atoms with Crippen molar-refractivity contribution in [3.05, 3.63) is 78.9 Å². The summed E-state index contributed by atoms with van der Waals surface area (Å²) in [6.45, 7) is 0. The number of rotatable bonds is 1. The molecule has 2 nitrogen and oxygen atoms in total. The second-order valence-electron chi connectivity index (χ2n) is 5.65. The average Bonchev–Trinajstić information content (AvgIpc) is 3.02. The number of nitrogens with zero attached hydrogens (tertiary/aromatic N) is 1. The van der Waals surface area contributed by atoms with Crippen molar-refractivity contribution < 1.29 is 4.42 Å². The van der Waals surface area contributed by atoms with Crippen LogP contribution in [0, 0.1) is 0 Å². The van der Waals surface area contributed by atoms with Gasteiger partial charge in [0, 0.05) is 16.3 Å². The van der Waals surface area contributed by atoms with Crippen molar-refractivity contribution in [3.63, 3.8) is 0 Å². The zero-order valence-corrected chi connectivity index (χ0v) is 12.4. The fraction of sp³-hybridized carbons (Fsp3) is 0. The first-order valence-corrected chi connectivity index (χ1v) is 7.67. The predicted octanol–water partition coefficient (Wildman–Crippen LogP) is 5.75. The van der Waals surface area contributed by atoms with Gasteiger partial charge < -0.3 is 4.42 Å². The lowest BCUT2D eigenvalue weighted by atomic mass is 9.99. The Morgan fingerprint density at radius 3 is 2.22 bits per heavy atom. The van der Waals surface area contributed by atoms with E-state index in [1.165, 1.54) is 0 Å². The number of hydrogen-bond acceptors (Lipinski definition) is 2. The van der Waals surface area contributed by atoms with E-state index in [2.05, 4.69) is 30.3 Å². The van der Waals surface area contributed by atoms with Crippen LogP contribution in [0.3, 0.4) is 0 Å². The highest BCUT2D eigenvalue weighted by atomic mass is 16.3. The molecule has 0 bridgehead atoms. The summed E-state index contributed by atoms with van der Waals surface area (Å²) >= 11 is 0. The highest BCUT2D eigenvalue weighted by Gasteiger charge is 2.22. The van der Waals surface area contributed by atoms with E-state index in [0.29, 0.717) is 0 Å². The third kappa shape index (κ3) is 1.78. The molecule has 0 amide bonds. The van der Waals surface area contributed by atoms with Crippen LogP contribution in [-0.2, 0) is 0 Å². The van der Waals surface area contributed by atoms with Crippen LogP contribution in [0.2, 0.25) is 0 Å². The van der Waals surface area contributed by atoms with Gasteiger partial charge in [-0.3, -0.25) is 0 Å². The van der Waals surface area contributed by atoms with Gasteiger partial charge in [-0.05, 0) is 18.2 Å². The van der Waals surface area contributed by atoms with Crippen LogP contribution < -0.4 is 0 Å². The number of fused-ring (bicyclic) bond motifs is 5. The molecule has 2 heterocycles. The third-order valence-corrected chi connectivity index (χ3v) is 4.26. The van der Waals surface area contributed by atoms with Crippen LogP contribution in [0.25, 0.3) is 44.5 Å². The van der Waals surface area contributed by atoms with Gasteiger partial charge in [0.2, 0.25) is 0 Å². The van der Waals surface area contributed by atoms with E-state index in [-0.39, 0.29) is 0 Å². The largest absolute Gasteiger partial charge is 0.455 e. The van der Waals surface area contributed by atoms with E-state index in [4.69, 9.17) is 9.40 Å². The molecule has 3 aromatic rings. The van der Waals surface area contributed by atoms with E-state index in [1.807, 2.05) is 48.5 Å². The maximum absolute atomic E-state index is 6.29. The maximum Gasteiger partial charge on any atom is 0.144 e. The minimum absolute atomic E-state index is 0.863. The molecule has 108 valence electrons. The summed E-state index contributed by atoms with van der Waals surface area (Å²) < 4.78 is 6.29. The zero-order chi connectivity index (χ0) is 15.2. The van der Waals surface area contributed by atoms with Crippen molar-refractivity contribution >= 4 is 21.9 Å². The first-order chi connectivity index (χ1) is 11.4. The van der Waals surface area contributed by atoms with E-state index in [9.17, 15) is 0 Å². The molecular formula is C21H13NO. The Morgan fingerprint density at radius 2 is 1.35 bits per heavy atom. The molecule has 0 N–H and O–H groups in total. The molecule has 0 aliphatic carbocycles. The van der Waals surface area contributed by atoms with Gasteiger partial charge in [0.25, 0.3) is 0 Å². The lowest BCUT2D eigenvalue weighted by molar-refractivity contribution is 0.622. The summed E-state index contributed by atoms with van der Waals surface area (Å²) in [5.41, 5.74) is 5.03. The Labute approximate surface area is 133 Å². The average molecular weight is 295 g/mol. The topological polar surface area (TPSA) is 26.0 Å². The maximum atomic E-state index is 6.29. The van der Waals surface area contributed by atoms with Crippen LogP contribution in [0.1, 0.15) is 0 Å². The Kier molecular flexibility index (Phi) is 2.53. The van der Waals surface area contributed by atoms with Crippen molar-refractivity contribution in [1.82, 2.24) is 4.98 Å². The van der Waals surface area contributed by atoms with Gasteiger partial charge in [-0.15, -0.1) is 0 Å². The molecule has 3 aromatic carbocycles. The normalized spacial score (nSPS) is 11.5. The molecule has 23 heavy (non-hydrogen) atoms. The summed E-state index contributed by atoms with van der Waals surface area (Å²) in [6.07, 6.45) is 0. The third-order valence-electron chi connectivity index (χ3n) is 4.26. The molecular weight excluding hydrogens is 282 g/mol. The second kappa shape index (κ2) is 4.68. The van der Waals surface area contributed by atoms with Crippen LogP contribution in [-0.4, -0.2) is 4.98 Å². The molecule has 0 fully saturated rings. The summed E-state index contributed by atoms with van der Waals surface area (Å²) in [4.78, 5) is 4.87. The minimum atomic E-state index is 0.863. The standard InChI is InChI=1S/C21H13NO/c1-2-8-14(9-3-1)21-19-15-10-4-6-12-17(15)22-20(19)16-11-5-7-13-18(16)23-21/h1-13H. The van der Waals surface area contributed by atoms with E-state index in [0.717, 1.165) is 44.5 Å². The molecule has 0 atom stereocenters. The van der Waals surface area contributed by atoms with Crippen molar-refractivity contribution in [1.29, 1.82) is 0 Å². The molecule has 5 rings (SSSR count). The Morgan fingerprint density at radius 1 is 0.652 bits per heavy atom. The summed E-state index contributed by atoms with van der Waals surface area (Å²) in [6, 6.07) is 26.6. The lowest BCUT2D eigenvalue weighted by Gasteiger charge is -2.10. The number of aromatic nitrogens is 1. The first kappa shape index (κ1) is 12.4. The minimum Gasteiger partial charge on any atom is -0.455 e. The van der Waals surface area contributed by atoms with E-state index >= 15 is 0 Å². The number of para-hydroxylation sites is 2. The van der Waals surface area contributed by atoms with Crippen molar-refractivity contribution in [2.24, 2.45) is 0 Å². The van der Waals surface area contributed by atoms with Crippen LogP contribution in [0.4, 0.5) is 0 Å². The molecule has 2 aliphatic rings. The van der Waals surface area contributed by atoms with Gasteiger partial charge in [-0.1, -0.05) is 60.7 Å². The number of benzene rings is 3. The highest BCUT2D eigenvalue weighted by molar-refractivity contribution is 6.10. The van der Waals surface area contributed by atoms with E-state index < -0.39 is 0 Å². The van der Waals surface area contributed by atoms with E-state index in [1.54, 1.807) is 0 Å². The van der Waals surface area contributed by atoms with Gasteiger partial charge in [-0.25, -0.2) is 4.98 Å². The van der Waals surface area contributed by atoms with Gasteiger partial charge in [0.1, 0.15) is 11.3 Å². The van der Waals surface area contributed by atoms with Crippen molar-refractivity contribution in [2.45, 2.75) is 0 Å². The SMILES string of the molecule is c1ccc(-c2oc3ccccc3c3nc4ccccc4c2-3)cc1. The summed E-state index contributed by atoms with van der Waals surface area (Å²) in [5.74, 6) is 0.882. The monoisotopic (exact) mass is 295 g/mol. The molecule has 0 radical (unpaired) electrons. The zero-order valence-electron chi connectivity index (χ0n) is 12.4. The molecule has 0 saturated heterocycles. The molecule has 0 spiro atoms. The smallest absolute Gasteiger partial charge is 0.144 e. The van der Waals surface area contributed by atoms with Crippen molar-refractivity contribution in [2.75, 3.05) is 0 Å². The van der Waals surface area contributed by atoms with Crippen LogP contribution >= 0.6 is 0 Å². The van der Waals surface area contributed by atoms with Crippen LogP contribution in [0.5, 0.6) is 0 Å². The summed E-state index contributed by atoms with van der Waals surface area (Å²) in [7, 11) is 0. The Hall–Kier alpha value is -3.13. The van der Waals surface area contributed by atoms with Crippen molar-refractivity contribution in [3.8, 4) is 22.6 Å². The predicted molar refractivity (Wildman–Crippen MR) is 93.6 cm³/mol. The number of hydrogen-bond donors (Lipinski definition) is 0. The molecule has 2 heteroatoms. The van der Waals surface area contributed by atoms with Gasteiger partial charge in [-0.2, -0.15) is 0 Å². The summed E-state index contributed by atoms with van der Waals surface area (Å²) in [5, 5.41) is 2.19. The quantitative estimate of drug-likeness (QED) is 0.393.